The third-order valence-electron chi connectivity index (χ3n) is 4.79. The van der Waals surface area contributed by atoms with Gasteiger partial charge in [-0.25, -0.2) is 9.82 Å². The fourth-order valence-corrected chi connectivity index (χ4v) is 3.68. The van der Waals surface area contributed by atoms with Crippen LogP contribution in [-0.4, -0.2) is 32.4 Å². The molecule has 1 N–H and O–H groups in total. The first-order valence-electron chi connectivity index (χ1n) is 11.0. The summed E-state index contributed by atoms with van der Waals surface area (Å²) in [6, 6.07) is 14.4. The molecule has 0 aliphatic heterocycles. The molecule has 0 heterocycles. The largest absolute Gasteiger partial charge is 0.493 e. The minimum Gasteiger partial charge on any atom is -0.493 e. The number of benzene rings is 3. The van der Waals surface area contributed by atoms with Crippen LogP contribution in [0.2, 0.25) is 0 Å². The second-order valence-corrected chi connectivity index (χ2v) is 8.20. The smallest absolute Gasteiger partial charge is 0.271 e. The average Bonchev–Trinajstić information content (AvgIpc) is 2.88. The number of carbonyl (C=O) groups is 1. The van der Waals surface area contributed by atoms with Crippen LogP contribution in [-0.2, 0) is 6.61 Å². The topological polar surface area (TPSA) is 78.4 Å². The van der Waals surface area contributed by atoms with E-state index in [2.05, 4.69) is 33.0 Å². The first-order chi connectivity index (χ1) is 17.4. The zero-order chi connectivity index (χ0) is 25.9. The lowest BCUT2D eigenvalue weighted by Crippen LogP contribution is -2.17. The average molecular weight is 557 g/mol. The van der Waals surface area contributed by atoms with Gasteiger partial charge in [-0.1, -0.05) is 24.8 Å². The summed E-state index contributed by atoms with van der Waals surface area (Å²) in [4.78, 5) is 12.5. The highest BCUT2D eigenvalue weighted by Crippen LogP contribution is 2.37. The van der Waals surface area contributed by atoms with Crippen LogP contribution in [0.3, 0.4) is 0 Å². The van der Waals surface area contributed by atoms with Crippen molar-refractivity contribution in [1.82, 2.24) is 5.43 Å². The molecule has 0 fully saturated rings. The van der Waals surface area contributed by atoms with Crippen molar-refractivity contribution in [1.29, 1.82) is 0 Å². The normalized spacial score (nSPS) is 10.7. The lowest BCUT2D eigenvalue weighted by atomic mass is 10.2. The van der Waals surface area contributed by atoms with E-state index >= 15 is 0 Å². The molecule has 0 aliphatic rings. The summed E-state index contributed by atoms with van der Waals surface area (Å²) in [5.41, 5.74) is 4.34. The monoisotopic (exact) mass is 556 g/mol. The maximum Gasteiger partial charge on any atom is 0.271 e. The van der Waals surface area contributed by atoms with Gasteiger partial charge in [0.05, 0.1) is 24.4 Å². The van der Waals surface area contributed by atoms with Crippen molar-refractivity contribution in [3.63, 3.8) is 0 Å². The quantitative estimate of drug-likeness (QED) is 0.170. The van der Waals surface area contributed by atoms with Crippen molar-refractivity contribution in [2.24, 2.45) is 5.10 Å². The molecule has 7 nitrogen and oxygen atoms in total. The molecule has 3 aromatic carbocycles. The molecule has 188 valence electrons. The predicted octanol–water partition coefficient (Wildman–Crippen LogP) is 5.90. The van der Waals surface area contributed by atoms with Crippen molar-refractivity contribution in [2.45, 2.75) is 13.5 Å². The number of ether oxygens (including phenoxy) is 4. The molecule has 1 amide bonds. The van der Waals surface area contributed by atoms with Gasteiger partial charge >= 0.3 is 0 Å². The molecular weight excluding hydrogens is 531 g/mol. The molecule has 0 atom stereocenters. The molecule has 0 aromatic heterocycles. The molecule has 36 heavy (non-hydrogen) atoms. The number of methoxy groups -OCH3 is 1. The predicted molar refractivity (Wildman–Crippen MR) is 140 cm³/mol. The maximum absolute atomic E-state index is 13.1. The van der Waals surface area contributed by atoms with Crippen molar-refractivity contribution in [2.75, 3.05) is 20.3 Å². The number of hydrogen-bond acceptors (Lipinski definition) is 6. The Morgan fingerprint density at radius 3 is 2.53 bits per heavy atom. The summed E-state index contributed by atoms with van der Waals surface area (Å²) in [6.07, 6.45) is 3.11. The number of hydrogen-bond donors (Lipinski definition) is 1. The Morgan fingerprint density at radius 2 is 1.83 bits per heavy atom. The van der Waals surface area contributed by atoms with Crippen LogP contribution in [0.25, 0.3) is 0 Å². The maximum atomic E-state index is 13.1. The fraction of sp³-hybridized carbons (Fsp3) is 0.185. The minimum atomic E-state index is -0.414. The lowest BCUT2D eigenvalue weighted by molar-refractivity contribution is 0.0954. The Bertz CT molecular complexity index is 1230. The molecule has 9 heteroatoms. The summed E-state index contributed by atoms with van der Waals surface area (Å²) < 4.78 is 36.2. The first kappa shape index (κ1) is 26.7. The number of halogens is 2. The molecule has 3 aromatic rings. The summed E-state index contributed by atoms with van der Waals surface area (Å²) in [7, 11) is 1.50. The number of amides is 1. The van der Waals surface area contributed by atoms with Gasteiger partial charge in [-0.15, -0.1) is 0 Å². The van der Waals surface area contributed by atoms with E-state index in [4.69, 9.17) is 18.9 Å². The van der Waals surface area contributed by atoms with Crippen LogP contribution >= 0.6 is 15.9 Å². The molecule has 0 unspecified atom stereocenters. The summed E-state index contributed by atoms with van der Waals surface area (Å²) >= 11 is 3.51. The van der Waals surface area contributed by atoms with Crippen LogP contribution in [0.4, 0.5) is 4.39 Å². The van der Waals surface area contributed by atoms with Gasteiger partial charge in [0.25, 0.3) is 5.91 Å². The molecule has 0 radical (unpaired) electrons. The number of carbonyl (C=O) groups excluding carboxylic acids is 1. The second kappa shape index (κ2) is 13.3. The van der Waals surface area contributed by atoms with E-state index in [1.807, 2.05) is 6.92 Å². The van der Waals surface area contributed by atoms with Gasteiger partial charge in [0, 0.05) is 5.56 Å². The van der Waals surface area contributed by atoms with Crippen LogP contribution in [0.15, 0.2) is 76.8 Å². The van der Waals surface area contributed by atoms with Crippen LogP contribution in [0.5, 0.6) is 23.0 Å². The molecule has 0 aliphatic carbocycles. The van der Waals surface area contributed by atoms with Crippen molar-refractivity contribution < 1.29 is 28.1 Å². The standard InChI is InChI=1S/C27H26BrFN2O5/c1-4-12-35-23-11-8-20(15-24(23)33-3)27(32)31-30-16-19-13-22(28)26(25(14-19)34-5-2)36-17-18-6-9-21(29)10-7-18/h4,6-11,13-16H,1,5,12,17H2,2-3H3,(H,31,32)/b30-16+. The van der Waals surface area contributed by atoms with E-state index in [-0.39, 0.29) is 12.4 Å². The summed E-state index contributed by atoms with van der Waals surface area (Å²) in [6.45, 7) is 6.45. The Labute approximate surface area is 217 Å². The van der Waals surface area contributed by atoms with Gasteiger partial charge in [-0.05, 0) is 76.4 Å². The van der Waals surface area contributed by atoms with E-state index in [1.54, 1.807) is 48.5 Å². The Morgan fingerprint density at radius 1 is 1.06 bits per heavy atom. The van der Waals surface area contributed by atoms with Crippen molar-refractivity contribution in [3.05, 3.63) is 94.2 Å². The Kier molecular flexibility index (Phi) is 9.88. The third kappa shape index (κ3) is 7.32. The molecule has 0 spiro atoms. The zero-order valence-electron chi connectivity index (χ0n) is 19.9. The van der Waals surface area contributed by atoms with Gasteiger partial charge < -0.3 is 18.9 Å². The molecule has 0 bridgehead atoms. The van der Waals surface area contributed by atoms with Gasteiger partial charge in [0.1, 0.15) is 19.0 Å². The molecular formula is C27H26BrFN2O5. The number of nitrogens with one attached hydrogen (secondary N) is 1. The van der Waals surface area contributed by atoms with E-state index in [0.29, 0.717) is 51.8 Å². The zero-order valence-corrected chi connectivity index (χ0v) is 21.5. The number of nitrogens with zero attached hydrogens (tertiary/aromatic N) is 1. The fourth-order valence-electron chi connectivity index (χ4n) is 3.11. The number of hydrazone groups is 1. The number of rotatable bonds is 12. The highest BCUT2D eigenvalue weighted by Gasteiger charge is 2.13. The van der Waals surface area contributed by atoms with E-state index in [9.17, 15) is 9.18 Å². The third-order valence-corrected chi connectivity index (χ3v) is 5.38. The SMILES string of the molecule is C=CCOc1ccc(C(=O)N/N=C/c2cc(Br)c(OCc3ccc(F)cc3)c(OCC)c2)cc1OC. The van der Waals surface area contributed by atoms with Crippen molar-refractivity contribution >= 4 is 28.1 Å². The highest BCUT2D eigenvalue weighted by molar-refractivity contribution is 9.10. The van der Waals surface area contributed by atoms with E-state index in [0.717, 1.165) is 5.56 Å². The second-order valence-electron chi connectivity index (χ2n) is 7.34. The first-order valence-corrected chi connectivity index (χ1v) is 11.8. The molecule has 3 rings (SSSR count). The van der Waals surface area contributed by atoms with Gasteiger partial charge in [0.2, 0.25) is 0 Å². The summed E-state index contributed by atoms with van der Waals surface area (Å²) in [5, 5.41) is 4.06. The van der Waals surface area contributed by atoms with Gasteiger partial charge in [0.15, 0.2) is 23.0 Å². The van der Waals surface area contributed by atoms with Crippen molar-refractivity contribution in [3.8, 4) is 23.0 Å². The van der Waals surface area contributed by atoms with Gasteiger partial charge in [-0.3, -0.25) is 4.79 Å². The highest BCUT2D eigenvalue weighted by atomic mass is 79.9. The van der Waals surface area contributed by atoms with E-state index < -0.39 is 5.91 Å². The summed E-state index contributed by atoms with van der Waals surface area (Å²) in [5.74, 6) is 1.22. The molecule has 0 saturated carbocycles. The van der Waals surface area contributed by atoms with Crippen LogP contribution in [0, 0.1) is 5.82 Å². The van der Waals surface area contributed by atoms with Gasteiger partial charge in [-0.2, -0.15) is 5.10 Å². The Hall–Kier alpha value is -3.85. The molecule has 0 saturated heterocycles. The minimum absolute atomic E-state index is 0.239. The van der Waals surface area contributed by atoms with E-state index in [1.165, 1.54) is 25.5 Å². The lowest BCUT2D eigenvalue weighted by Gasteiger charge is -2.14. The van der Waals surface area contributed by atoms with Crippen LogP contribution in [0.1, 0.15) is 28.4 Å². The Balaban J connectivity index is 1.70. The van der Waals surface area contributed by atoms with Crippen LogP contribution < -0.4 is 24.4 Å².